The highest BCUT2D eigenvalue weighted by Gasteiger charge is 2.15. The van der Waals surface area contributed by atoms with Crippen molar-refractivity contribution in [1.29, 1.82) is 0 Å². The zero-order valence-corrected chi connectivity index (χ0v) is 22.4. The second-order valence-electron chi connectivity index (χ2n) is 10.1. The fraction of sp³-hybridized carbons (Fsp3) is 0.226. The lowest BCUT2D eigenvalue weighted by Gasteiger charge is -2.22. The van der Waals surface area contributed by atoms with Crippen molar-refractivity contribution < 1.29 is 5.11 Å². The lowest BCUT2D eigenvalue weighted by Crippen LogP contribution is -2.27. The Morgan fingerprint density at radius 2 is 1.59 bits per heavy atom. The first-order valence-electron chi connectivity index (χ1n) is 13.0. The van der Waals surface area contributed by atoms with Crippen molar-refractivity contribution in [3.8, 4) is 5.69 Å². The van der Waals surface area contributed by atoms with Crippen LogP contribution in [-0.4, -0.2) is 44.9 Å². The predicted molar refractivity (Wildman–Crippen MR) is 156 cm³/mol. The first kappa shape index (κ1) is 26.2. The summed E-state index contributed by atoms with van der Waals surface area (Å²) in [5.41, 5.74) is 7.23. The smallest absolute Gasteiger partial charge is 0.264 e. The number of anilines is 2. The normalized spacial score (nSPS) is 12.2. The van der Waals surface area contributed by atoms with Gasteiger partial charge in [-0.3, -0.25) is 19.4 Å². The third-order valence-electron chi connectivity index (χ3n) is 7.05. The maximum Gasteiger partial charge on any atom is 0.264 e. The average molecular weight is 524 g/mol. The van der Waals surface area contributed by atoms with Crippen LogP contribution in [0.3, 0.4) is 0 Å². The Morgan fingerprint density at radius 1 is 0.897 bits per heavy atom. The van der Waals surface area contributed by atoms with E-state index < -0.39 is 6.10 Å². The monoisotopic (exact) mass is 523 g/mol. The molecule has 0 aliphatic rings. The minimum Gasteiger partial charge on any atom is -0.387 e. The predicted octanol–water partition coefficient (Wildman–Crippen LogP) is 4.58. The van der Waals surface area contributed by atoms with Gasteiger partial charge in [-0.2, -0.15) is 0 Å². The number of benzene rings is 3. The number of aromatic amines is 2. The number of aryl methyl sites for hydroxylation is 2. The van der Waals surface area contributed by atoms with E-state index in [0.29, 0.717) is 6.54 Å². The van der Waals surface area contributed by atoms with Crippen LogP contribution in [0.1, 0.15) is 28.5 Å². The minimum absolute atomic E-state index is 0.115. The van der Waals surface area contributed by atoms with Crippen LogP contribution in [0.5, 0.6) is 0 Å². The van der Waals surface area contributed by atoms with Crippen molar-refractivity contribution in [3.05, 3.63) is 122 Å². The fourth-order valence-electron chi connectivity index (χ4n) is 4.88. The molecule has 5 aromatic rings. The number of aliphatic hydroxyl groups is 1. The molecule has 1 atom stereocenters. The topological polar surface area (TPSA) is 106 Å². The summed E-state index contributed by atoms with van der Waals surface area (Å²) < 4.78 is 1.77. The number of likely N-dealkylation sites (N-methyl/N-ethyl adjacent to an activating group) is 1. The molecule has 0 spiro atoms. The van der Waals surface area contributed by atoms with E-state index in [2.05, 4.69) is 44.6 Å². The number of nitrogens with zero attached hydrogens (tertiary/aromatic N) is 2. The van der Waals surface area contributed by atoms with Crippen LogP contribution in [0.15, 0.2) is 88.5 Å². The van der Waals surface area contributed by atoms with E-state index in [1.54, 1.807) is 16.8 Å². The van der Waals surface area contributed by atoms with Crippen LogP contribution in [0.25, 0.3) is 16.6 Å². The lowest BCUT2D eigenvalue weighted by molar-refractivity contribution is 0.128. The van der Waals surface area contributed by atoms with Gasteiger partial charge < -0.3 is 20.3 Å². The third-order valence-corrected chi connectivity index (χ3v) is 7.05. The van der Waals surface area contributed by atoms with Gasteiger partial charge in [-0.25, -0.2) is 0 Å². The number of hydrogen-bond acceptors (Lipinski definition) is 5. The van der Waals surface area contributed by atoms with Crippen molar-refractivity contribution >= 4 is 22.3 Å². The summed E-state index contributed by atoms with van der Waals surface area (Å²) in [7, 11) is 2.01. The number of fused-ring (bicyclic) bond motifs is 1. The van der Waals surface area contributed by atoms with Crippen LogP contribution < -0.4 is 16.4 Å². The molecule has 0 aliphatic heterocycles. The fourth-order valence-corrected chi connectivity index (χ4v) is 4.88. The molecule has 3 aromatic carbocycles. The van der Waals surface area contributed by atoms with Gasteiger partial charge in [0.15, 0.2) is 0 Å². The molecule has 8 heteroatoms. The molecule has 0 amide bonds. The molecule has 2 heterocycles. The molecular formula is C31H33N5O3. The van der Waals surface area contributed by atoms with E-state index in [1.165, 1.54) is 11.6 Å². The van der Waals surface area contributed by atoms with E-state index in [4.69, 9.17) is 0 Å². The Morgan fingerprint density at radius 3 is 2.26 bits per heavy atom. The SMILES string of the molecule is Cc1ccc(C(O)CN(C)CCc2ccc(Nc3ccc(-n4[nH]c(=O)cc4C)cc3)cc2)c2ccc(=O)[nH]c12. The summed E-state index contributed by atoms with van der Waals surface area (Å²) in [6.45, 7) is 5.13. The molecule has 39 heavy (non-hydrogen) atoms. The van der Waals surface area contributed by atoms with Crippen molar-refractivity contribution in [1.82, 2.24) is 19.7 Å². The highest BCUT2D eigenvalue weighted by Crippen LogP contribution is 2.25. The first-order valence-corrected chi connectivity index (χ1v) is 13.0. The van der Waals surface area contributed by atoms with E-state index >= 15 is 0 Å². The summed E-state index contributed by atoms with van der Waals surface area (Å²) in [4.78, 5) is 28.3. The largest absolute Gasteiger partial charge is 0.387 e. The number of pyridine rings is 1. The molecular weight excluding hydrogens is 490 g/mol. The zero-order chi connectivity index (χ0) is 27.5. The van der Waals surface area contributed by atoms with Crippen molar-refractivity contribution in [2.24, 2.45) is 0 Å². The van der Waals surface area contributed by atoms with Gasteiger partial charge >= 0.3 is 0 Å². The van der Waals surface area contributed by atoms with E-state index in [9.17, 15) is 14.7 Å². The van der Waals surface area contributed by atoms with Crippen LogP contribution in [0, 0.1) is 13.8 Å². The summed E-state index contributed by atoms with van der Waals surface area (Å²) >= 11 is 0. The highest BCUT2D eigenvalue weighted by atomic mass is 16.3. The Balaban J connectivity index is 1.16. The number of nitrogens with one attached hydrogen (secondary N) is 3. The zero-order valence-electron chi connectivity index (χ0n) is 22.4. The number of rotatable bonds is 9. The van der Waals surface area contributed by atoms with Crippen molar-refractivity contribution in [2.45, 2.75) is 26.4 Å². The van der Waals surface area contributed by atoms with Gasteiger partial charge in [-0.15, -0.1) is 0 Å². The van der Waals surface area contributed by atoms with Crippen molar-refractivity contribution in [3.63, 3.8) is 0 Å². The van der Waals surface area contributed by atoms with Crippen LogP contribution in [-0.2, 0) is 6.42 Å². The second-order valence-corrected chi connectivity index (χ2v) is 10.1. The summed E-state index contributed by atoms with van der Waals surface area (Å²) in [5, 5.41) is 18.0. The summed E-state index contributed by atoms with van der Waals surface area (Å²) in [6, 6.07) is 25.0. The molecule has 4 N–H and O–H groups in total. The number of aromatic nitrogens is 3. The van der Waals surface area contributed by atoms with Gasteiger partial charge in [0.25, 0.3) is 5.56 Å². The number of hydrogen-bond donors (Lipinski definition) is 4. The second kappa shape index (κ2) is 11.1. The van der Waals surface area contributed by atoms with Gasteiger partial charge in [0.1, 0.15) is 0 Å². The Kier molecular flexibility index (Phi) is 7.49. The standard InChI is InChI=1S/C31H33N5O3/c1-20-4-13-26(27-14-15-29(38)33-31(20)27)28(37)19-35(3)17-16-22-5-7-23(8-6-22)32-24-9-11-25(12-10-24)36-21(2)18-30(39)34-36/h4-15,18,28,32,37H,16-17,19H2,1-3H3,(H,33,38)(H,34,39). The molecule has 200 valence electrons. The molecule has 0 fully saturated rings. The molecule has 0 radical (unpaired) electrons. The number of aliphatic hydroxyl groups excluding tert-OH is 1. The Labute approximate surface area is 226 Å². The molecule has 0 saturated heterocycles. The quantitative estimate of drug-likeness (QED) is 0.226. The minimum atomic E-state index is -0.663. The summed E-state index contributed by atoms with van der Waals surface area (Å²) in [6.07, 6.45) is 0.192. The third kappa shape index (κ3) is 6.03. The maximum absolute atomic E-state index is 11.8. The lowest BCUT2D eigenvalue weighted by atomic mass is 10.00. The van der Waals surface area contributed by atoms with Gasteiger partial charge in [0.2, 0.25) is 5.56 Å². The summed E-state index contributed by atoms with van der Waals surface area (Å²) in [5.74, 6) is 0. The molecule has 8 nitrogen and oxygen atoms in total. The highest BCUT2D eigenvalue weighted by molar-refractivity contribution is 5.85. The molecule has 2 aromatic heterocycles. The van der Waals surface area contributed by atoms with Crippen LogP contribution in [0.2, 0.25) is 0 Å². The van der Waals surface area contributed by atoms with E-state index in [-0.39, 0.29) is 11.1 Å². The first-order chi connectivity index (χ1) is 18.8. The van der Waals surface area contributed by atoms with Gasteiger partial charge in [0.05, 0.1) is 17.3 Å². The Hall–Kier alpha value is -4.40. The average Bonchev–Trinajstić information content (AvgIpc) is 3.26. The Bertz CT molecular complexity index is 1700. The molecule has 0 aliphatic carbocycles. The number of H-pyrrole nitrogens is 2. The van der Waals surface area contributed by atoms with Crippen LogP contribution in [0.4, 0.5) is 11.4 Å². The van der Waals surface area contributed by atoms with Crippen molar-refractivity contribution in [2.75, 3.05) is 25.5 Å². The molecule has 0 bridgehead atoms. The molecule has 5 rings (SSSR count). The van der Waals surface area contributed by atoms with Gasteiger partial charge in [-0.05, 0) is 86.5 Å². The van der Waals surface area contributed by atoms with Gasteiger partial charge in [-0.1, -0.05) is 24.3 Å². The molecule has 0 saturated carbocycles. The van der Waals surface area contributed by atoms with Crippen LogP contribution >= 0.6 is 0 Å². The van der Waals surface area contributed by atoms with E-state index in [0.717, 1.165) is 57.8 Å². The van der Waals surface area contributed by atoms with E-state index in [1.807, 2.05) is 57.3 Å². The molecule has 1 unspecified atom stereocenters. The maximum atomic E-state index is 11.8. The van der Waals surface area contributed by atoms with Gasteiger partial charge in [0, 0.05) is 47.7 Å².